The van der Waals surface area contributed by atoms with Crippen molar-refractivity contribution in [3.05, 3.63) is 60.2 Å². The molecule has 1 N–H and O–H groups in total. The van der Waals surface area contributed by atoms with E-state index in [2.05, 4.69) is 0 Å². The van der Waals surface area contributed by atoms with Gasteiger partial charge in [-0.2, -0.15) is 0 Å². The molecule has 0 heterocycles. The molecule has 0 aliphatic carbocycles. The molecule has 1 amide bonds. The molecule has 0 radical (unpaired) electrons. The third-order valence-electron chi connectivity index (χ3n) is 3.75. The van der Waals surface area contributed by atoms with E-state index >= 15 is 0 Å². The van der Waals surface area contributed by atoms with Crippen LogP contribution in [-0.2, 0) is 16.1 Å². The lowest BCUT2D eigenvalue weighted by atomic mass is 10.2. The molecule has 1 atom stereocenters. The van der Waals surface area contributed by atoms with Crippen LogP contribution in [0.15, 0.2) is 59.5 Å². The predicted molar refractivity (Wildman–Crippen MR) is 102 cm³/mol. The number of nitrogens with zero attached hydrogens (tertiary/aromatic N) is 1. The lowest BCUT2D eigenvalue weighted by molar-refractivity contribution is -0.139. The molecule has 2 rings (SSSR count). The van der Waals surface area contributed by atoms with Gasteiger partial charge in [0.1, 0.15) is 5.75 Å². The highest BCUT2D eigenvalue weighted by Gasteiger charge is 2.21. The number of carbonyl (C=O) groups is 2. The maximum absolute atomic E-state index is 12.7. The molecule has 138 valence electrons. The molecule has 0 aliphatic heterocycles. The van der Waals surface area contributed by atoms with Gasteiger partial charge in [-0.25, -0.2) is 4.79 Å². The fourth-order valence-electron chi connectivity index (χ4n) is 2.41. The maximum Gasteiger partial charge on any atom is 0.341 e. The fraction of sp³-hybridized carbons (Fsp3) is 0.300. The normalized spacial score (nSPS) is 11.6. The molecule has 0 bridgehead atoms. The van der Waals surface area contributed by atoms with Gasteiger partial charge in [-0.1, -0.05) is 37.3 Å². The van der Waals surface area contributed by atoms with Crippen molar-refractivity contribution in [3.8, 4) is 5.75 Å². The minimum atomic E-state index is -1.01. The van der Waals surface area contributed by atoms with Gasteiger partial charge in [0.25, 0.3) is 0 Å². The molecule has 0 saturated carbocycles. The van der Waals surface area contributed by atoms with E-state index in [1.807, 2.05) is 49.4 Å². The third-order valence-corrected chi connectivity index (χ3v) is 5.11. The van der Waals surface area contributed by atoms with E-state index in [9.17, 15) is 9.59 Å². The van der Waals surface area contributed by atoms with Crippen molar-refractivity contribution in [2.24, 2.45) is 0 Å². The molecular weight excluding hydrogens is 350 g/mol. The average Bonchev–Trinajstić information content (AvgIpc) is 2.65. The van der Waals surface area contributed by atoms with Crippen molar-refractivity contribution in [2.45, 2.75) is 30.0 Å². The van der Waals surface area contributed by atoms with Gasteiger partial charge in [-0.05, 0) is 36.2 Å². The Bertz CT molecular complexity index is 718. The van der Waals surface area contributed by atoms with Crippen molar-refractivity contribution in [1.82, 2.24) is 4.90 Å². The van der Waals surface area contributed by atoms with E-state index in [-0.39, 0.29) is 17.8 Å². The smallest absolute Gasteiger partial charge is 0.341 e. The number of aliphatic carboxylic acids is 1. The summed E-state index contributed by atoms with van der Waals surface area (Å²) in [7, 11) is 1.80. The molecule has 6 heteroatoms. The zero-order valence-electron chi connectivity index (χ0n) is 14.9. The first kappa shape index (κ1) is 19.8. The van der Waals surface area contributed by atoms with E-state index in [1.54, 1.807) is 35.8 Å². The van der Waals surface area contributed by atoms with Gasteiger partial charge in [0.15, 0.2) is 6.61 Å². The number of hydrogen-bond donors (Lipinski definition) is 1. The summed E-state index contributed by atoms with van der Waals surface area (Å²) in [6, 6.07) is 17.0. The van der Waals surface area contributed by atoms with Gasteiger partial charge in [0.2, 0.25) is 5.91 Å². The summed E-state index contributed by atoms with van der Waals surface area (Å²) >= 11 is 1.58. The van der Waals surface area contributed by atoms with Gasteiger partial charge in [0.05, 0.1) is 5.25 Å². The highest BCUT2D eigenvalue weighted by molar-refractivity contribution is 8.00. The predicted octanol–water partition coefficient (Wildman–Crippen LogP) is 3.68. The number of rotatable bonds is 9. The summed E-state index contributed by atoms with van der Waals surface area (Å²) in [6.07, 6.45) is 0.755. The van der Waals surface area contributed by atoms with Crippen LogP contribution in [0.4, 0.5) is 0 Å². The van der Waals surface area contributed by atoms with Crippen LogP contribution >= 0.6 is 11.8 Å². The topological polar surface area (TPSA) is 66.8 Å². The number of carboxylic acids is 1. The van der Waals surface area contributed by atoms with Gasteiger partial charge >= 0.3 is 5.97 Å². The van der Waals surface area contributed by atoms with Crippen molar-refractivity contribution < 1.29 is 19.4 Å². The number of thioether (sulfide) groups is 1. The maximum atomic E-state index is 12.7. The number of ether oxygens (including phenoxy) is 1. The van der Waals surface area contributed by atoms with Gasteiger partial charge in [0, 0.05) is 18.5 Å². The van der Waals surface area contributed by atoms with Crippen LogP contribution in [0.3, 0.4) is 0 Å². The highest BCUT2D eigenvalue weighted by Crippen LogP contribution is 2.26. The number of amides is 1. The van der Waals surface area contributed by atoms with Crippen LogP contribution in [0.1, 0.15) is 18.9 Å². The van der Waals surface area contributed by atoms with Gasteiger partial charge in [-0.15, -0.1) is 11.8 Å². The Morgan fingerprint density at radius 3 is 2.35 bits per heavy atom. The summed E-state index contributed by atoms with van der Waals surface area (Å²) in [4.78, 5) is 26.1. The first-order chi connectivity index (χ1) is 12.5. The standard InChI is InChI=1S/C20H23NO4S/c1-3-18(26-17-7-5-4-6-8-17)20(24)21(2)13-15-9-11-16(12-10-15)25-14-19(22)23/h4-12,18H,3,13-14H2,1-2H3,(H,22,23). The Kier molecular flexibility index (Phi) is 7.53. The Labute approximate surface area is 158 Å². The van der Waals surface area contributed by atoms with Gasteiger partial charge < -0.3 is 14.7 Å². The van der Waals surface area contributed by atoms with Crippen LogP contribution in [0.25, 0.3) is 0 Å². The van der Waals surface area contributed by atoms with Crippen molar-refractivity contribution >= 4 is 23.6 Å². The highest BCUT2D eigenvalue weighted by atomic mass is 32.2. The quantitative estimate of drug-likeness (QED) is 0.679. The summed E-state index contributed by atoms with van der Waals surface area (Å²) < 4.78 is 5.11. The minimum Gasteiger partial charge on any atom is -0.482 e. The summed E-state index contributed by atoms with van der Waals surface area (Å²) in [5.41, 5.74) is 0.961. The Hall–Kier alpha value is -2.47. The van der Waals surface area contributed by atoms with Gasteiger partial charge in [-0.3, -0.25) is 4.79 Å². The lowest BCUT2D eigenvalue weighted by Gasteiger charge is -2.23. The van der Waals surface area contributed by atoms with Crippen LogP contribution in [0.5, 0.6) is 5.75 Å². The second kappa shape index (κ2) is 9.87. The molecule has 2 aromatic carbocycles. The average molecular weight is 373 g/mol. The van der Waals surface area contributed by atoms with E-state index in [0.717, 1.165) is 16.9 Å². The molecule has 26 heavy (non-hydrogen) atoms. The minimum absolute atomic E-state index is 0.0903. The number of benzene rings is 2. The molecule has 1 unspecified atom stereocenters. The Balaban J connectivity index is 1.93. The fourth-order valence-corrected chi connectivity index (χ4v) is 3.50. The second-order valence-electron chi connectivity index (χ2n) is 5.85. The second-order valence-corrected chi connectivity index (χ2v) is 7.12. The first-order valence-corrected chi connectivity index (χ1v) is 9.27. The Morgan fingerprint density at radius 2 is 1.77 bits per heavy atom. The SMILES string of the molecule is CCC(Sc1ccccc1)C(=O)N(C)Cc1ccc(OCC(=O)O)cc1. The number of carboxylic acid groups (broad SMARTS) is 1. The zero-order chi connectivity index (χ0) is 18.9. The molecule has 0 saturated heterocycles. The monoisotopic (exact) mass is 373 g/mol. The van der Waals surface area contributed by atoms with E-state index in [4.69, 9.17) is 9.84 Å². The van der Waals surface area contributed by atoms with E-state index in [1.165, 1.54) is 0 Å². The van der Waals surface area contributed by atoms with Crippen molar-refractivity contribution in [3.63, 3.8) is 0 Å². The summed E-state index contributed by atoms with van der Waals surface area (Å²) in [5, 5.41) is 8.49. The molecule has 5 nitrogen and oxygen atoms in total. The molecule has 0 spiro atoms. The molecular formula is C20H23NO4S. The zero-order valence-corrected chi connectivity index (χ0v) is 15.7. The van der Waals surface area contributed by atoms with Crippen molar-refractivity contribution in [1.29, 1.82) is 0 Å². The summed E-state index contributed by atoms with van der Waals surface area (Å²) in [6.45, 7) is 2.14. The van der Waals surface area contributed by atoms with Crippen LogP contribution in [0.2, 0.25) is 0 Å². The largest absolute Gasteiger partial charge is 0.482 e. The summed E-state index contributed by atoms with van der Waals surface area (Å²) in [5.74, 6) is -0.426. The van der Waals surface area contributed by atoms with Crippen LogP contribution in [0, 0.1) is 0 Å². The molecule has 0 aromatic heterocycles. The van der Waals surface area contributed by atoms with E-state index in [0.29, 0.717) is 12.3 Å². The number of carbonyl (C=O) groups excluding carboxylic acids is 1. The van der Waals surface area contributed by atoms with Crippen molar-refractivity contribution in [2.75, 3.05) is 13.7 Å². The van der Waals surface area contributed by atoms with E-state index < -0.39 is 5.97 Å². The Morgan fingerprint density at radius 1 is 1.12 bits per heavy atom. The molecule has 2 aromatic rings. The van der Waals surface area contributed by atoms with Crippen LogP contribution in [-0.4, -0.2) is 40.8 Å². The number of hydrogen-bond acceptors (Lipinski definition) is 4. The molecule has 0 fully saturated rings. The third kappa shape index (κ3) is 6.11. The lowest BCUT2D eigenvalue weighted by Crippen LogP contribution is -2.34. The molecule has 0 aliphatic rings. The van der Waals surface area contributed by atoms with Crippen LogP contribution < -0.4 is 4.74 Å². The first-order valence-electron chi connectivity index (χ1n) is 8.39.